The second-order valence-electron chi connectivity index (χ2n) is 5.07. The van der Waals surface area contributed by atoms with Crippen molar-refractivity contribution in [3.63, 3.8) is 0 Å². The van der Waals surface area contributed by atoms with E-state index in [1.165, 1.54) is 18.0 Å². The first-order valence-corrected chi connectivity index (χ1v) is 9.34. The van der Waals surface area contributed by atoms with Crippen molar-refractivity contribution < 1.29 is 13.5 Å². The molecule has 0 bridgehead atoms. The van der Waals surface area contributed by atoms with Gasteiger partial charge >= 0.3 is 0 Å². The van der Waals surface area contributed by atoms with Crippen LogP contribution < -0.4 is 4.72 Å². The number of imidazole rings is 1. The molecule has 0 fully saturated rings. The number of nitrogens with zero attached hydrogens (tertiary/aromatic N) is 2. The Morgan fingerprint density at radius 3 is 2.75 bits per heavy atom. The lowest BCUT2D eigenvalue weighted by molar-refractivity contribution is 0.0908. The number of thioether (sulfide) groups is 1. The minimum absolute atomic E-state index is 0.00315. The molecule has 6 nitrogen and oxygen atoms in total. The Morgan fingerprint density at radius 2 is 2.20 bits per heavy atom. The summed E-state index contributed by atoms with van der Waals surface area (Å²) in [6.07, 6.45) is 4.30. The lowest BCUT2D eigenvalue weighted by Gasteiger charge is -2.22. The molecule has 1 heterocycles. The van der Waals surface area contributed by atoms with E-state index in [1.54, 1.807) is 13.8 Å². The first-order valence-electron chi connectivity index (χ1n) is 6.46. The van der Waals surface area contributed by atoms with E-state index in [9.17, 15) is 13.5 Å². The summed E-state index contributed by atoms with van der Waals surface area (Å²) in [4.78, 5) is 4.07. The van der Waals surface area contributed by atoms with E-state index in [2.05, 4.69) is 9.71 Å². The molecule has 0 amide bonds. The van der Waals surface area contributed by atoms with E-state index >= 15 is 0 Å². The summed E-state index contributed by atoms with van der Waals surface area (Å²) in [5.74, 6) is 1.13. The molecule has 0 aliphatic carbocycles. The van der Waals surface area contributed by atoms with Gasteiger partial charge < -0.3 is 9.67 Å². The molecule has 1 aromatic rings. The maximum atomic E-state index is 12.1. The molecule has 2 N–H and O–H groups in total. The minimum Gasteiger partial charge on any atom is -0.388 e. The van der Waals surface area contributed by atoms with Crippen LogP contribution in [0.3, 0.4) is 0 Å². The summed E-state index contributed by atoms with van der Waals surface area (Å²) in [6, 6.07) is 0. The van der Waals surface area contributed by atoms with Crippen LogP contribution in [-0.4, -0.2) is 47.2 Å². The van der Waals surface area contributed by atoms with Crippen LogP contribution in [0, 0.1) is 6.92 Å². The highest BCUT2D eigenvalue weighted by molar-refractivity contribution is 7.98. The molecule has 1 unspecified atom stereocenters. The molecule has 1 rings (SSSR count). The van der Waals surface area contributed by atoms with Gasteiger partial charge in [-0.1, -0.05) is 6.92 Å². The average Bonchev–Trinajstić information content (AvgIpc) is 2.70. The van der Waals surface area contributed by atoms with E-state index in [-0.39, 0.29) is 11.6 Å². The number of aromatic nitrogens is 2. The average molecular weight is 321 g/mol. The van der Waals surface area contributed by atoms with E-state index in [1.807, 2.05) is 17.7 Å². The Balaban J connectivity index is 2.81. The predicted octanol–water partition coefficient (Wildman–Crippen LogP) is 0.994. The van der Waals surface area contributed by atoms with Crippen LogP contribution in [0.15, 0.2) is 11.2 Å². The normalized spacial score (nSPS) is 15.2. The van der Waals surface area contributed by atoms with Gasteiger partial charge in [0.2, 0.25) is 0 Å². The van der Waals surface area contributed by atoms with E-state index in [0.29, 0.717) is 11.6 Å². The quantitative estimate of drug-likeness (QED) is 0.746. The van der Waals surface area contributed by atoms with Gasteiger partial charge in [-0.3, -0.25) is 0 Å². The van der Waals surface area contributed by atoms with Crippen molar-refractivity contribution in [1.29, 1.82) is 0 Å². The smallest absolute Gasteiger partial charge is 0.259 e. The maximum absolute atomic E-state index is 12.1. The summed E-state index contributed by atoms with van der Waals surface area (Å²) in [6.45, 7) is 6.10. The fourth-order valence-corrected chi connectivity index (χ4v) is 3.65. The van der Waals surface area contributed by atoms with Crippen LogP contribution in [0.4, 0.5) is 0 Å². The van der Waals surface area contributed by atoms with Gasteiger partial charge in [-0.2, -0.15) is 11.8 Å². The lowest BCUT2D eigenvalue weighted by atomic mass is 10.1. The number of aliphatic hydroxyl groups is 1. The number of rotatable bonds is 8. The monoisotopic (exact) mass is 321 g/mol. The SMILES string of the molecule is CCCn1cc(S(=O)(=O)NCC(C)(O)CSC)nc1C. The molecule has 8 heteroatoms. The summed E-state index contributed by atoms with van der Waals surface area (Å²) in [7, 11) is -3.68. The summed E-state index contributed by atoms with van der Waals surface area (Å²) in [5.41, 5.74) is -1.08. The molecule has 0 radical (unpaired) electrons. The summed E-state index contributed by atoms with van der Waals surface area (Å²) in [5, 5.41) is 10.00. The van der Waals surface area contributed by atoms with E-state index < -0.39 is 15.6 Å². The van der Waals surface area contributed by atoms with Gasteiger partial charge in [0.05, 0.1) is 5.60 Å². The zero-order chi connectivity index (χ0) is 15.4. The van der Waals surface area contributed by atoms with Crippen molar-refractivity contribution in [3.05, 3.63) is 12.0 Å². The van der Waals surface area contributed by atoms with Gasteiger partial charge in [0.15, 0.2) is 5.03 Å². The summed E-state index contributed by atoms with van der Waals surface area (Å²) < 4.78 is 28.5. The van der Waals surface area contributed by atoms with Gasteiger partial charge in [0, 0.05) is 25.0 Å². The van der Waals surface area contributed by atoms with Crippen molar-refractivity contribution in [3.8, 4) is 0 Å². The molecule has 0 aliphatic heterocycles. The van der Waals surface area contributed by atoms with Crippen molar-refractivity contribution in [2.24, 2.45) is 0 Å². The van der Waals surface area contributed by atoms with Gasteiger partial charge in [-0.25, -0.2) is 18.1 Å². The van der Waals surface area contributed by atoms with E-state index in [4.69, 9.17) is 0 Å². The Hall–Kier alpha value is -0.570. The summed E-state index contributed by atoms with van der Waals surface area (Å²) >= 11 is 1.46. The Bertz CT molecular complexity index is 538. The van der Waals surface area contributed by atoms with Gasteiger partial charge in [0.25, 0.3) is 10.0 Å². The molecule has 1 atom stereocenters. The molecule has 0 aliphatic rings. The molecule has 0 saturated heterocycles. The van der Waals surface area contributed by atoms with Crippen LogP contribution in [-0.2, 0) is 16.6 Å². The number of aryl methyl sites for hydroxylation is 2. The number of nitrogens with one attached hydrogen (secondary N) is 1. The van der Waals surface area contributed by atoms with Crippen LogP contribution in [0.2, 0.25) is 0 Å². The Kier molecular flexibility index (Phi) is 6.06. The topological polar surface area (TPSA) is 84.2 Å². The molecule has 1 aromatic heterocycles. The van der Waals surface area contributed by atoms with Crippen molar-refractivity contribution in [1.82, 2.24) is 14.3 Å². The fraction of sp³-hybridized carbons (Fsp3) is 0.750. The Morgan fingerprint density at radius 1 is 1.55 bits per heavy atom. The zero-order valence-corrected chi connectivity index (χ0v) is 14.0. The Labute approximate surface area is 125 Å². The minimum atomic E-state index is -3.68. The van der Waals surface area contributed by atoms with Crippen LogP contribution in [0.1, 0.15) is 26.1 Å². The number of sulfonamides is 1. The highest BCUT2D eigenvalue weighted by Crippen LogP contribution is 2.13. The van der Waals surface area contributed by atoms with Crippen LogP contribution >= 0.6 is 11.8 Å². The molecule has 116 valence electrons. The largest absolute Gasteiger partial charge is 0.388 e. The van der Waals surface area contributed by atoms with E-state index in [0.717, 1.165) is 13.0 Å². The standard InChI is InChI=1S/C12H23N3O3S2/c1-5-6-15-7-11(14-10(15)2)20(17,18)13-8-12(3,16)9-19-4/h7,13,16H,5-6,8-9H2,1-4H3. The first kappa shape index (κ1) is 17.5. The van der Waals surface area contributed by atoms with Crippen molar-refractivity contribution in [2.75, 3.05) is 18.6 Å². The molecular formula is C12H23N3O3S2. The highest BCUT2D eigenvalue weighted by atomic mass is 32.2. The lowest BCUT2D eigenvalue weighted by Crippen LogP contribution is -2.42. The third-order valence-corrected chi connectivity index (χ3v) is 4.97. The highest BCUT2D eigenvalue weighted by Gasteiger charge is 2.25. The van der Waals surface area contributed by atoms with Crippen molar-refractivity contribution >= 4 is 21.8 Å². The first-order chi connectivity index (χ1) is 9.22. The molecule has 0 spiro atoms. The number of hydrogen-bond donors (Lipinski definition) is 2. The maximum Gasteiger partial charge on any atom is 0.259 e. The fourth-order valence-electron chi connectivity index (χ4n) is 1.76. The zero-order valence-electron chi connectivity index (χ0n) is 12.4. The molecule has 0 saturated carbocycles. The molecule has 20 heavy (non-hydrogen) atoms. The predicted molar refractivity (Wildman–Crippen MR) is 81.4 cm³/mol. The molecule has 0 aromatic carbocycles. The molecular weight excluding hydrogens is 298 g/mol. The van der Waals surface area contributed by atoms with Gasteiger partial charge in [-0.15, -0.1) is 0 Å². The van der Waals surface area contributed by atoms with Gasteiger partial charge in [-0.05, 0) is 26.5 Å². The van der Waals surface area contributed by atoms with Crippen molar-refractivity contribution in [2.45, 2.75) is 44.4 Å². The van der Waals surface area contributed by atoms with Crippen LogP contribution in [0.25, 0.3) is 0 Å². The number of hydrogen-bond acceptors (Lipinski definition) is 5. The third kappa shape index (κ3) is 4.76. The third-order valence-electron chi connectivity index (χ3n) is 2.79. The second kappa shape index (κ2) is 6.93. The van der Waals surface area contributed by atoms with Crippen LogP contribution in [0.5, 0.6) is 0 Å². The second-order valence-corrected chi connectivity index (χ2v) is 7.65. The van der Waals surface area contributed by atoms with Gasteiger partial charge in [0.1, 0.15) is 5.82 Å².